The van der Waals surface area contributed by atoms with Gasteiger partial charge in [0.05, 0.1) is 18.8 Å². The molecule has 2 heterocycles. The molecule has 17 N–H and O–H groups in total. The van der Waals surface area contributed by atoms with Gasteiger partial charge in [0.25, 0.3) is 0 Å². The molecule has 3 unspecified atom stereocenters. The molecule has 2 aliphatic heterocycles. The Labute approximate surface area is 195 Å². The first-order valence-corrected chi connectivity index (χ1v) is 10.8. The summed E-state index contributed by atoms with van der Waals surface area (Å²) in [6.07, 6.45) is -15.2. The predicted molar refractivity (Wildman–Crippen MR) is 111 cm³/mol. The van der Waals surface area contributed by atoms with Gasteiger partial charge in [-0.15, -0.1) is 0 Å². The first-order valence-electron chi connectivity index (χ1n) is 10.8. The summed E-state index contributed by atoms with van der Waals surface area (Å²) in [6.45, 7) is -0.732. The average molecular weight is 503 g/mol. The fraction of sp³-hybridized carbons (Fsp3) is 1.00. The van der Waals surface area contributed by atoms with Crippen LogP contribution in [0.5, 0.6) is 0 Å². The van der Waals surface area contributed by atoms with Crippen molar-refractivity contribution in [3.05, 3.63) is 0 Å². The highest BCUT2D eigenvalue weighted by Gasteiger charge is 2.52. The lowest BCUT2D eigenvalue weighted by molar-refractivity contribution is -0.333. The summed E-state index contributed by atoms with van der Waals surface area (Å²) in [5.41, 5.74) is 22.1. The number of hydrogen-bond donors (Lipinski definition) is 11. The van der Waals surface area contributed by atoms with E-state index in [0.29, 0.717) is 0 Å². The van der Waals surface area contributed by atoms with Crippen LogP contribution in [0.3, 0.4) is 0 Å². The quantitative estimate of drug-likeness (QED) is 0.150. The molecule has 3 fully saturated rings. The summed E-state index contributed by atoms with van der Waals surface area (Å²) in [5.74, 6) is 0. The van der Waals surface area contributed by atoms with Gasteiger partial charge in [0.2, 0.25) is 0 Å². The third kappa shape index (κ3) is 5.84. The molecule has 0 aromatic carbocycles. The van der Waals surface area contributed by atoms with E-state index in [1.165, 1.54) is 0 Å². The van der Waals surface area contributed by atoms with Gasteiger partial charge in [0, 0.05) is 25.4 Å². The SMILES string of the molecule is NC[C@H]1OC(OC2[C@H](O)C[C@@](N)(OC3O[C@H](CO)[C@@H](O)[C@H](N)[C@H]3O)C[C@@H]2N)[C@H](O)[C@H](O)[C@H]1O.O. The second-order valence-corrected chi connectivity index (χ2v) is 8.96. The Bertz CT molecular complexity index is 636. The molecule has 0 radical (unpaired) electrons. The minimum atomic E-state index is -1.63. The van der Waals surface area contributed by atoms with E-state index < -0.39 is 91.9 Å². The Morgan fingerprint density at radius 3 is 2.00 bits per heavy atom. The van der Waals surface area contributed by atoms with E-state index in [4.69, 9.17) is 41.9 Å². The predicted octanol–water partition coefficient (Wildman–Crippen LogP) is -7.77. The van der Waals surface area contributed by atoms with E-state index in [9.17, 15) is 35.7 Å². The molecule has 202 valence electrons. The van der Waals surface area contributed by atoms with E-state index in [1.54, 1.807) is 0 Å². The Kier molecular flexibility index (Phi) is 10.1. The largest absolute Gasteiger partial charge is 0.412 e. The zero-order valence-electron chi connectivity index (χ0n) is 18.4. The lowest BCUT2D eigenvalue weighted by Gasteiger charge is -2.49. The molecule has 0 bridgehead atoms. The Morgan fingerprint density at radius 1 is 0.824 bits per heavy atom. The van der Waals surface area contributed by atoms with Crippen LogP contribution in [0.15, 0.2) is 0 Å². The van der Waals surface area contributed by atoms with Crippen LogP contribution in [0, 0.1) is 0 Å². The first kappa shape index (κ1) is 29.6. The standard InChI is InChI=1S/C18H36N4O11.H2O/c19-3-7-11(26)13(28)14(29)16(30-7)32-15-5(20)1-18(22,2-6(15)24)33-17-12(27)9(21)10(25)8(4-23)31-17;/h5-17,23-29H,1-4,19-22H2;1H2/t5-,6+,7+,8+,9-,10+,11-,12+,13+,14+,15?,16?,17?,18-;/m0./s1. The van der Waals surface area contributed by atoms with Crippen molar-refractivity contribution in [1.82, 2.24) is 0 Å². The molecular formula is C18H38N4O12. The van der Waals surface area contributed by atoms with Crippen molar-refractivity contribution < 1.29 is 60.2 Å². The van der Waals surface area contributed by atoms with Gasteiger partial charge in [0.15, 0.2) is 12.6 Å². The molecule has 16 heteroatoms. The van der Waals surface area contributed by atoms with Crippen molar-refractivity contribution in [3.8, 4) is 0 Å². The van der Waals surface area contributed by atoms with Crippen LogP contribution >= 0.6 is 0 Å². The number of aliphatic hydroxyl groups is 7. The second kappa shape index (κ2) is 11.6. The lowest BCUT2D eigenvalue weighted by atomic mass is 9.83. The van der Waals surface area contributed by atoms with E-state index in [1.807, 2.05) is 0 Å². The summed E-state index contributed by atoms with van der Waals surface area (Å²) in [5, 5.41) is 70.4. The van der Waals surface area contributed by atoms with Crippen molar-refractivity contribution in [2.24, 2.45) is 22.9 Å². The van der Waals surface area contributed by atoms with Crippen LogP contribution in [0.4, 0.5) is 0 Å². The van der Waals surface area contributed by atoms with Gasteiger partial charge >= 0.3 is 0 Å². The molecule has 0 aromatic heterocycles. The van der Waals surface area contributed by atoms with Gasteiger partial charge < -0.3 is 83.1 Å². The molecule has 14 atom stereocenters. The summed E-state index contributed by atoms with van der Waals surface area (Å²) in [6, 6.07) is -2.13. The molecule has 34 heavy (non-hydrogen) atoms. The molecule has 0 spiro atoms. The second-order valence-electron chi connectivity index (χ2n) is 8.96. The summed E-state index contributed by atoms with van der Waals surface area (Å²) < 4.78 is 22.1. The van der Waals surface area contributed by atoms with Crippen molar-refractivity contribution in [1.29, 1.82) is 0 Å². The van der Waals surface area contributed by atoms with Gasteiger partial charge in [-0.05, 0) is 0 Å². The van der Waals surface area contributed by atoms with Crippen molar-refractivity contribution in [3.63, 3.8) is 0 Å². The molecule has 0 aromatic rings. The topological polar surface area (TPSA) is 314 Å². The van der Waals surface area contributed by atoms with Crippen molar-refractivity contribution in [2.75, 3.05) is 13.2 Å². The van der Waals surface area contributed by atoms with Gasteiger partial charge in [0.1, 0.15) is 54.6 Å². The molecule has 1 saturated carbocycles. The van der Waals surface area contributed by atoms with Gasteiger partial charge in [-0.25, -0.2) is 0 Å². The third-order valence-corrected chi connectivity index (χ3v) is 6.42. The molecule has 2 saturated heterocycles. The van der Waals surface area contributed by atoms with Gasteiger partial charge in [-0.2, -0.15) is 0 Å². The number of rotatable bonds is 6. The fourth-order valence-corrected chi connectivity index (χ4v) is 4.46. The Morgan fingerprint density at radius 2 is 1.44 bits per heavy atom. The lowest BCUT2D eigenvalue weighted by Crippen LogP contribution is -2.68. The maximum Gasteiger partial charge on any atom is 0.187 e. The summed E-state index contributed by atoms with van der Waals surface area (Å²) in [7, 11) is 0. The van der Waals surface area contributed by atoms with E-state index >= 15 is 0 Å². The molecule has 0 amide bonds. The minimum absolute atomic E-state index is 0. The zero-order valence-corrected chi connectivity index (χ0v) is 18.4. The van der Waals surface area contributed by atoms with Crippen molar-refractivity contribution >= 4 is 0 Å². The van der Waals surface area contributed by atoms with Crippen LogP contribution in [-0.2, 0) is 18.9 Å². The molecule has 3 rings (SSSR count). The van der Waals surface area contributed by atoms with Crippen molar-refractivity contribution in [2.45, 2.75) is 98.2 Å². The van der Waals surface area contributed by atoms with Crippen LogP contribution in [0.25, 0.3) is 0 Å². The normalized spacial score (nSPS) is 52.1. The fourth-order valence-electron chi connectivity index (χ4n) is 4.46. The molecule has 16 nitrogen and oxygen atoms in total. The number of aliphatic hydroxyl groups excluding tert-OH is 7. The molecule has 1 aliphatic carbocycles. The van der Waals surface area contributed by atoms with Gasteiger partial charge in [-0.1, -0.05) is 0 Å². The number of nitrogens with two attached hydrogens (primary N) is 4. The Balaban J connectivity index is 0.00000408. The maximum atomic E-state index is 10.7. The highest BCUT2D eigenvalue weighted by molar-refractivity contribution is 5.00. The van der Waals surface area contributed by atoms with Crippen LogP contribution < -0.4 is 22.9 Å². The first-order chi connectivity index (χ1) is 15.4. The smallest absolute Gasteiger partial charge is 0.187 e. The number of hydrogen-bond acceptors (Lipinski definition) is 15. The van der Waals surface area contributed by atoms with E-state index in [2.05, 4.69) is 0 Å². The van der Waals surface area contributed by atoms with Crippen LogP contribution in [0.2, 0.25) is 0 Å². The van der Waals surface area contributed by atoms with Crippen LogP contribution in [0.1, 0.15) is 12.8 Å². The average Bonchev–Trinajstić information content (AvgIpc) is 2.76. The monoisotopic (exact) mass is 502 g/mol. The maximum absolute atomic E-state index is 10.7. The number of ether oxygens (including phenoxy) is 4. The highest BCUT2D eigenvalue weighted by atomic mass is 16.7. The molecular weight excluding hydrogens is 464 g/mol. The van der Waals surface area contributed by atoms with Gasteiger partial charge in [-0.3, -0.25) is 0 Å². The third-order valence-electron chi connectivity index (χ3n) is 6.42. The zero-order chi connectivity index (χ0) is 24.7. The summed E-state index contributed by atoms with van der Waals surface area (Å²) in [4.78, 5) is 0. The van der Waals surface area contributed by atoms with Crippen LogP contribution in [-0.4, -0.2) is 140 Å². The summed E-state index contributed by atoms with van der Waals surface area (Å²) >= 11 is 0. The Hall–Kier alpha value is -0.640. The molecule has 3 aliphatic rings. The highest BCUT2D eigenvalue weighted by Crippen LogP contribution is 2.34. The van der Waals surface area contributed by atoms with E-state index in [-0.39, 0.29) is 24.9 Å². The van der Waals surface area contributed by atoms with E-state index in [0.717, 1.165) is 0 Å². The minimum Gasteiger partial charge on any atom is -0.412 e.